The van der Waals surface area contributed by atoms with Crippen LogP contribution < -0.4 is 0 Å². The molecular weight excluding hydrogens is 255 g/mol. The number of aliphatic hydroxyl groups is 1. The Morgan fingerprint density at radius 2 is 2.11 bits per heavy atom. The van der Waals surface area contributed by atoms with Crippen molar-refractivity contribution >= 4 is 5.97 Å². The summed E-state index contributed by atoms with van der Waals surface area (Å²) in [6.07, 6.45) is -5.97. The van der Waals surface area contributed by atoms with Gasteiger partial charge in [0, 0.05) is 5.92 Å². The zero-order valence-corrected chi connectivity index (χ0v) is 9.05. The molecule has 1 aliphatic rings. The van der Waals surface area contributed by atoms with Gasteiger partial charge in [0.05, 0.1) is 12.2 Å². The van der Waals surface area contributed by atoms with E-state index in [1.165, 1.54) is 0 Å². The molecule has 1 unspecified atom stereocenters. The monoisotopic (exact) mass is 265 g/mol. The molecule has 0 bridgehead atoms. The number of halogens is 3. The fourth-order valence-electron chi connectivity index (χ4n) is 1.64. The number of hydrogen-bond acceptors (Lipinski definition) is 4. The molecule has 0 spiro atoms. The molecule has 0 saturated heterocycles. The van der Waals surface area contributed by atoms with Crippen molar-refractivity contribution in [1.29, 1.82) is 0 Å². The van der Waals surface area contributed by atoms with Gasteiger partial charge in [0.1, 0.15) is 0 Å². The van der Waals surface area contributed by atoms with Crippen LogP contribution in [0.3, 0.4) is 0 Å². The van der Waals surface area contributed by atoms with Crippen LogP contribution in [0.5, 0.6) is 0 Å². The molecule has 100 valence electrons. The van der Waals surface area contributed by atoms with Gasteiger partial charge in [0.15, 0.2) is 11.8 Å². The number of alkyl halides is 3. The topological polar surface area (TPSA) is 88.2 Å². The van der Waals surface area contributed by atoms with Crippen LogP contribution in [-0.2, 0) is 6.54 Å². The fraction of sp³-hybridized carbons (Fsp3) is 0.667. The standard InChI is InChI=1S/C9H10F3N3O3/c10-9(11,12)5(16)3-15-7(4-1-2-4)6(8(17)18)13-14-15/h4-5,16H,1-3H2,(H,17,18). The number of aliphatic hydroxyl groups excluding tert-OH is 1. The van der Waals surface area contributed by atoms with Gasteiger partial charge in [-0.15, -0.1) is 5.10 Å². The van der Waals surface area contributed by atoms with Crippen molar-refractivity contribution in [2.75, 3.05) is 0 Å². The van der Waals surface area contributed by atoms with Crippen LogP contribution in [0.25, 0.3) is 0 Å². The lowest BCUT2D eigenvalue weighted by Gasteiger charge is -2.15. The molecule has 2 rings (SSSR count). The Balaban J connectivity index is 2.26. The molecule has 0 amide bonds. The van der Waals surface area contributed by atoms with Crippen LogP contribution in [0, 0.1) is 0 Å². The van der Waals surface area contributed by atoms with Gasteiger partial charge in [-0.1, -0.05) is 5.21 Å². The predicted octanol–water partition coefficient (Wildman–Crippen LogP) is 0.777. The Kier molecular flexibility index (Phi) is 3.01. The molecule has 1 atom stereocenters. The molecule has 1 heterocycles. The van der Waals surface area contributed by atoms with Crippen LogP contribution in [-0.4, -0.2) is 43.5 Å². The van der Waals surface area contributed by atoms with Crippen molar-refractivity contribution in [3.8, 4) is 0 Å². The second-order valence-electron chi connectivity index (χ2n) is 4.14. The minimum Gasteiger partial charge on any atom is -0.476 e. The SMILES string of the molecule is O=C(O)c1nnn(CC(O)C(F)(F)F)c1C1CC1. The third kappa shape index (κ3) is 2.45. The molecule has 1 fully saturated rings. The van der Waals surface area contributed by atoms with Crippen LogP contribution in [0.2, 0.25) is 0 Å². The minimum atomic E-state index is -4.77. The van der Waals surface area contributed by atoms with Crippen molar-refractivity contribution in [1.82, 2.24) is 15.0 Å². The molecule has 2 N–H and O–H groups in total. The van der Waals surface area contributed by atoms with E-state index >= 15 is 0 Å². The van der Waals surface area contributed by atoms with Crippen LogP contribution in [0.4, 0.5) is 13.2 Å². The summed E-state index contributed by atoms with van der Waals surface area (Å²) in [5, 5.41) is 24.5. The smallest absolute Gasteiger partial charge is 0.416 e. The van der Waals surface area contributed by atoms with Gasteiger partial charge in [-0.05, 0) is 12.8 Å². The molecule has 1 aliphatic carbocycles. The molecule has 1 aromatic heterocycles. The van der Waals surface area contributed by atoms with Gasteiger partial charge < -0.3 is 10.2 Å². The number of hydrogen-bond donors (Lipinski definition) is 2. The average molecular weight is 265 g/mol. The highest BCUT2D eigenvalue weighted by Gasteiger charge is 2.41. The number of aromatic nitrogens is 3. The Bertz CT molecular complexity index is 467. The fourth-order valence-corrected chi connectivity index (χ4v) is 1.64. The quantitative estimate of drug-likeness (QED) is 0.839. The number of aromatic carboxylic acids is 1. The summed E-state index contributed by atoms with van der Waals surface area (Å²) in [5.41, 5.74) is -0.183. The highest BCUT2D eigenvalue weighted by molar-refractivity contribution is 5.86. The maximum Gasteiger partial charge on any atom is 0.416 e. The Morgan fingerprint density at radius 3 is 2.56 bits per heavy atom. The summed E-state index contributed by atoms with van der Waals surface area (Å²) in [5.74, 6) is -1.46. The highest BCUT2D eigenvalue weighted by Crippen LogP contribution is 2.41. The molecular formula is C9H10F3N3O3. The Morgan fingerprint density at radius 1 is 1.50 bits per heavy atom. The summed E-state index contributed by atoms with van der Waals surface area (Å²) in [6, 6.07) is 0. The first-order chi connectivity index (χ1) is 8.30. The van der Waals surface area contributed by atoms with E-state index in [4.69, 9.17) is 10.2 Å². The summed E-state index contributed by atoms with van der Waals surface area (Å²) in [7, 11) is 0. The zero-order valence-electron chi connectivity index (χ0n) is 9.05. The first-order valence-corrected chi connectivity index (χ1v) is 5.22. The second-order valence-corrected chi connectivity index (χ2v) is 4.14. The minimum absolute atomic E-state index is 0.133. The molecule has 0 radical (unpaired) electrons. The third-order valence-electron chi connectivity index (χ3n) is 2.66. The maximum absolute atomic E-state index is 12.2. The number of nitrogens with zero attached hydrogens (tertiary/aromatic N) is 3. The van der Waals surface area contributed by atoms with Crippen molar-refractivity contribution < 1.29 is 28.2 Å². The third-order valence-corrected chi connectivity index (χ3v) is 2.66. The van der Waals surface area contributed by atoms with E-state index in [9.17, 15) is 18.0 Å². The zero-order chi connectivity index (χ0) is 13.5. The first kappa shape index (κ1) is 12.8. The number of carboxylic acids is 1. The average Bonchev–Trinajstić information content (AvgIpc) is 2.98. The van der Waals surface area contributed by atoms with E-state index in [1.807, 2.05) is 0 Å². The molecule has 18 heavy (non-hydrogen) atoms. The second kappa shape index (κ2) is 4.23. The summed E-state index contributed by atoms with van der Waals surface area (Å²) >= 11 is 0. The van der Waals surface area contributed by atoms with Gasteiger partial charge in [0.25, 0.3) is 0 Å². The largest absolute Gasteiger partial charge is 0.476 e. The lowest BCUT2D eigenvalue weighted by atomic mass is 10.2. The first-order valence-electron chi connectivity index (χ1n) is 5.22. The number of rotatable bonds is 4. The number of carbonyl (C=O) groups is 1. The highest BCUT2D eigenvalue weighted by atomic mass is 19.4. The molecule has 1 saturated carbocycles. The summed E-state index contributed by atoms with van der Waals surface area (Å²) < 4.78 is 37.5. The summed E-state index contributed by atoms with van der Waals surface area (Å²) in [6.45, 7) is -0.838. The normalized spacial score (nSPS) is 17.8. The molecule has 9 heteroatoms. The van der Waals surface area contributed by atoms with Crippen LogP contribution in [0.1, 0.15) is 34.9 Å². The van der Waals surface area contributed by atoms with E-state index in [1.54, 1.807) is 0 Å². The Hall–Kier alpha value is -1.64. The molecule has 6 nitrogen and oxygen atoms in total. The van der Waals surface area contributed by atoms with E-state index in [-0.39, 0.29) is 17.3 Å². The van der Waals surface area contributed by atoms with E-state index < -0.39 is 24.8 Å². The maximum atomic E-state index is 12.2. The van der Waals surface area contributed by atoms with Gasteiger partial charge in [-0.2, -0.15) is 13.2 Å². The molecule has 0 aliphatic heterocycles. The molecule has 0 aromatic carbocycles. The van der Waals surface area contributed by atoms with E-state index in [0.717, 1.165) is 4.68 Å². The van der Waals surface area contributed by atoms with Gasteiger partial charge in [-0.3, -0.25) is 0 Å². The molecule has 1 aromatic rings. The van der Waals surface area contributed by atoms with Crippen molar-refractivity contribution in [2.45, 2.75) is 37.6 Å². The van der Waals surface area contributed by atoms with Gasteiger partial charge in [0.2, 0.25) is 0 Å². The number of carboxylic acid groups (broad SMARTS) is 1. The Labute approximate surface area is 99.0 Å². The summed E-state index contributed by atoms with van der Waals surface area (Å²) in [4.78, 5) is 10.8. The van der Waals surface area contributed by atoms with Crippen molar-refractivity contribution in [3.63, 3.8) is 0 Å². The lowest BCUT2D eigenvalue weighted by Crippen LogP contribution is -2.33. The van der Waals surface area contributed by atoms with Crippen molar-refractivity contribution in [2.24, 2.45) is 0 Å². The predicted molar refractivity (Wildman–Crippen MR) is 51.0 cm³/mol. The van der Waals surface area contributed by atoms with Gasteiger partial charge >= 0.3 is 12.1 Å². The van der Waals surface area contributed by atoms with Crippen molar-refractivity contribution in [3.05, 3.63) is 11.4 Å². The lowest BCUT2D eigenvalue weighted by molar-refractivity contribution is -0.208. The van der Waals surface area contributed by atoms with Gasteiger partial charge in [-0.25, -0.2) is 9.48 Å². The van der Waals surface area contributed by atoms with Crippen LogP contribution >= 0.6 is 0 Å². The van der Waals surface area contributed by atoms with Crippen LogP contribution in [0.15, 0.2) is 0 Å². The van der Waals surface area contributed by atoms with E-state index in [0.29, 0.717) is 12.8 Å². The van der Waals surface area contributed by atoms with E-state index in [2.05, 4.69) is 10.3 Å².